The fourth-order valence-electron chi connectivity index (χ4n) is 4.30. The van der Waals surface area contributed by atoms with Crippen LogP contribution in [-0.2, 0) is 11.2 Å². The molecular formula is C24H31N5O. The molecule has 4 rings (SSSR count). The molecule has 30 heavy (non-hydrogen) atoms. The van der Waals surface area contributed by atoms with Gasteiger partial charge in [0.25, 0.3) is 0 Å². The summed E-state index contributed by atoms with van der Waals surface area (Å²) < 4.78 is 0. The van der Waals surface area contributed by atoms with Gasteiger partial charge >= 0.3 is 0 Å². The van der Waals surface area contributed by atoms with E-state index in [1.54, 1.807) is 6.20 Å². The number of carbonyl (C=O) groups is 1. The summed E-state index contributed by atoms with van der Waals surface area (Å²) in [6, 6.07) is 12.1. The van der Waals surface area contributed by atoms with Gasteiger partial charge in [-0.25, -0.2) is 4.98 Å². The zero-order valence-electron chi connectivity index (χ0n) is 18.3. The average Bonchev–Trinajstić information content (AvgIpc) is 2.68. The number of nitrogens with zero attached hydrogens (tertiary/aromatic N) is 3. The number of piperidine rings is 1. The fraction of sp³-hybridized carbons (Fsp3) is 0.458. The summed E-state index contributed by atoms with van der Waals surface area (Å²) in [7, 11) is 0. The van der Waals surface area contributed by atoms with E-state index in [1.165, 1.54) is 5.56 Å². The smallest absolute Gasteiger partial charge is 0.227 e. The summed E-state index contributed by atoms with van der Waals surface area (Å²) in [6.45, 7) is 9.69. The Bertz CT molecular complexity index is 978. The van der Waals surface area contributed by atoms with Crippen molar-refractivity contribution in [2.45, 2.75) is 58.0 Å². The molecule has 2 N–H and O–H groups in total. The van der Waals surface area contributed by atoms with Gasteiger partial charge in [-0.1, -0.05) is 29.8 Å². The van der Waals surface area contributed by atoms with Crippen LogP contribution in [-0.4, -0.2) is 45.8 Å². The molecule has 6 nitrogen and oxygen atoms in total. The number of likely N-dealkylation sites (tertiary alicyclic amines) is 1. The summed E-state index contributed by atoms with van der Waals surface area (Å²) in [5.41, 5.74) is 2.53. The highest BCUT2D eigenvalue weighted by Gasteiger charge is 2.45. The minimum absolute atomic E-state index is 0.161. The van der Waals surface area contributed by atoms with Crippen molar-refractivity contribution in [3.8, 4) is 0 Å². The molecule has 158 valence electrons. The minimum atomic E-state index is -0.427. The number of aliphatic imine (C=N–C) groups is 1. The molecule has 3 heterocycles. The highest BCUT2D eigenvalue weighted by molar-refractivity contribution is 6.09. The molecule has 1 unspecified atom stereocenters. The van der Waals surface area contributed by atoms with Crippen LogP contribution in [0.25, 0.3) is 0 Å². The van der Waals surface area contributed by atoms with Gasteiger partial charge in [-0.2, -0.15) is 0 Å². The second-order valence-electron chi connectivity index (χ2n) is 9.45. The van der Waals surface area contributed by atoms with Crippen LogP contribution in [0.4, 0.5) is 11.5 Å². The molecule has 2 aromatic rings. The highest BCUT2D eigenvalue weighted by Crippen LogP contribution is 2.36. The number of aryl methyl sites for hydroxylation is 1. The van der Waals surface area contributed by atoms with Crippen LogP contribution in [0.15, 0.2) is 47.6 Å². The predicted molar refractivity (Wildman–Crippen MR) is 122 cm³/mol. The number of benzene rings is 1. The van der Waals surface area contributed by atoms with Gasteiger partial charge in [0.1, 0.15) is 11.4 Å². The largest absolute Gasteiger partial charge is 0.368 e. The van der Waals surface area contributed by atoms with Crippen LogP contribution in [0, 0.1) is 6.92 Å². The van der Waals surface area contributed by atoms with E-state index in [0.29, 0.717) is 13.0 Å². The van der Waals surface area contributed by atoms with E-state index < -0.39 is 5.54 Å². The third-order valence-electron chi connectivity index (χ3n) is 5.60. The Kier molecular flexibility index (Phi) is 5.26. The summed E-state index contributed by atoms with van der Waals surface area (Å²) >= 11 is 0. The number of amides is 1. The van der Waals surface area contributed by atoms with Gasteiger partial charge in [0.05, 0.1) is 24.2 Å². The summed E-state index contributed by atoms with van der Waals surface area (Å²) in [5.74, 6) is 1.82. The first-order valence-corrected chi connectivity index (χ1v) is 10.7. The van der Waals surface area contributed by atoms with Crippen molar-refractivity contribution in [1.29, 1.82) is 0 Å². The van der Waals surface area contributed by atoms with E-state index >= 15 is 0 Å². The third-order valence-corrected chi connectivity index (χ3v) is 5.60. The molecule has 6 heteroatoms. The zero-order chi connectivity index (χ0) is 21.4. The number of nitrogens with one attached hydrogen (secondary N) is 2. The van der Waals surface area contributed by atoms with Gasteiger partial charge in [0, 0.05) is 12.7 Å². The second kappa shape index (κ2) is 7.74. The lowest BCUT2D eigenvalue weighted by molar-refractivity contribution is -0.131. The molecule has 0 radical (unpaired) electrons. The number of aromatic nitrogens is 1. The number of hydrogen-bond donors (Lipinski definition) is 2. The van der Waals surface area contributed by atoms with Crippen LogP contribution >= 0.6 is 0 Å². The van der Waals surface area contributed by atoms with Crippen molar-refractivity contribution in [3.63, 3.8) is 0 Å². The number of carbonyl (C=O) groups excluding carboxylic acids is 1. The van der Waals surface area contributed by atoms with Crippen molar-refractivity contribution in [2.75, 3.05) is 23.7 Å². The first-order chi connectivity index (χ1) is 14.2. The number of fused-ring (bicyclic) bond motifs is 1. The maximum Gasteiger partial charge on any atom is 0.227 e. The maximum atomic E-state index is 13.2. The Hall–Kier alpha value is -2.89. The second-order valence-corrected chi connectivity index (χ2v) is 9.45. The Labute approximate surface area is 178 Å². The molecule has 1 saturated heterocycles. The standard InChI is InChI=1S/C24H31N5O/c1-17-8-5-9-18(14-17)15-20(30)29-13-7-11-24(16-29)22(28-23(2,3)4)26-21-19(27-24)10-6-12-25-21/h5-6,8-10,12,14,27H,7,11,13,15-16H2,1-4H3,(H,25,26,28). The maximum absolute atomic E-state index is 13.2. The van der Waals surface area contributed by atoms with E-state index in [0.717, 1.165) is 42.3 Å². The van der Waals surface area contributed by atoms with Crippen LogP contribution < -0.4 is 10.6 Å². The molecule has 0 bridgehead atoms. The lowest BCUT2D eigenvalue weighted by atomic mass is 9.85. The van der Waals surface area contributed by atoms with Crippen LogP contribution in [0.2, 0.25) is 0 Å². The van der Waals surface area contributed by atoms with Gasteiger partial charge in [-0.15, -0.1) is 0 Å². The lowest BCUT2D eigenvalue weighted by Gasteiger charge is -2.47. The average molecular weight is 406 g/mol. The van der Waals surface area contributed by atoms with Gasteiger partial charge in [0.2, 0.25) is 5.91 Å². The Balaban J connectivity index is 1.62. The van der Waals surface area contributed by atoms with Crippen molar-refractivity contribution in [3.05, 3.63) is 53.7 Å². The first-order valence-electron chi connectivity index (χ1n) is 10.7. The molecule has 1 aromatic carbocycles. The lowest BCUT2D eigenvalue weighted by Crippen LogP contribution is -2.63. The number of amidine groups is 1. The van der Waals surface area contributed by atoms with Crippen molar-refractivity contribution < 1.29 is 4.79 Å². The molecule has 0 aliphatic carbocycles. The zero-order valence-corrected chi connectivity index (χ0v) is 18.3. The van der Waals surface area contributed by atoms with Crippen LogP contribution in [0.3, 0.4) is 0 Å². The topological polar surface area (TPSA) is 69.6 Å². The summed E-state index contributed by atoms with van der Waals surface area (Å²) in [5, 5.41) is 7.16. The number of hydrogen-bond acceptors (Lipinski definition) is 4. The van der Waals surface area contributed by atoms with Crippen molar-refractivity contribution >= 4 is 23.2 Å². The highest BCUT2D eigenvalue weighted by atomic mass is 16.2. The molecular weight excluding hydrogens is 374 g/mol. The van der Waals surface area contributed by atoms with E-state index in [2.05, 4.69) is 55.4 Å². The molecule has 1 amide bonds. The SMILES string of the molecule is Cc1cccc(CC(=O)N2CCCC3(C2)Nc2cccnc2NC3=NC(C)(C)C)c1. The molecule has 1 fully saturated rings. The summed E-state index contributed by atoms with van der Waals surface area (Å²) in [4.78, 5) is 24.6. The van der Waals surface area contributed by atoms with E-state index in [1.807, 2.05) is 29.2 Å². The molecule has 2 aliphatic heterocycles. The van der Waals surface area contributed by atoms with E-state index in [9.17, 15) is 4.79 Å². The molecule has 1 atom stereocenters. The number of anilines is 2. The normalized spacial score (nSPS) is 22.4. The van der Waals surface area contributed by atoms with Gasteiger partial charge in [-0.05, 0) is 58.2 Å². The molecule has 0 saturated carbocycles. The van der Waals surface area contributed by atoms with Crippen molar-refractivity contribution in [1.82, 2.24) is 9.88 Å². The van der Waals surface area contributed by atoms with E-state index in [-0.39, 0.29) is 11.4 Å². The number of rotatable bonds is 2. The molecule has 1 aromatic heterocycles. The first kappa shape index (κ1) is 20.4. The Morgan fingerprint density at radius 1 is 1.27 bits per heavy atom. The van der Waals surface area contributed by atoms with Crippen molar-refractivity contribution in [2.24, 2.45) is 4.99 Å². The monoisotopic (exact) mass is 405 g/mol. The van der Waals surface area contributed by atoms with Gasteiger partial charge < -0.3 is 15.5 Å². The third kappa shape index (κ3) is 4.32. The van der Waals surface area contributed by atoms with Gasteiger partial charge in [0.15, 0.2) is 5.82 Å². The predicted octanol–water partition coefficient (Wildman–Crippen LogP) is 4.03. The molecule has 1 spiro atoms. The fourth-order valence-corrected chi connectivity index (χ4v) is 4.30. The Morgan fingerprint density at radius 2 is 2.10 bits per heavy atom. The van der Waals surface area contributed by atoms with Gasteiger partial charge in [-0.3, -0.25) is 9.79 Å². The van der Waals surface area contributed by atoms with Crippen LogP contribution in [0.1, 0.15) is 44.7 Å². The number of pyridine rings is 1. The summed E-state index contributed by atoms with van der Waals surface area (Å²) in [6.07, 6.45) is 4.04. The van der Waals surface area contributed by atoms with Crippen LogP contribution in [0.5, 0.6) is 0 Å². The minimum Gasteiger partial charge on any atom is -0.368 e. The molecule has 2 aliphatic rings. The quantitative estimate of drug-likeness (QED) is 0.792. The Morgan fingerprint density at radius 3 is 2.87 bits per heavy atom. The van der Waals surface area contributed by atoms with E-state index in [4.69, 9.17) is 4.99 Å².